The minimum atomic E-state index is -0.152. The number of para-hydroxylation sites is 1. The van der Waals surface area contributed by atoms with Crippen LogP contribution < -0.4 is 15.2 Å². The van der Waals surface area contributed by atoms with Crippen molar-refractivity contribution < 1.29 is 9.47 Å². The molecule has 2 N–H and O–H groups in total. The van der Waals surface area contributed by atoms with Crippen molar-refractivity contribution >= 4 is 0 Å². The molecule has 0 amide bonds. The van der Waals surface area contributed by atoms with Gasteiger partial charge in [-0.15, -0.1) is 0 Å². The van der Waals surface area contributed by atoms with Gasteiger partial charge in [0.15, 0.2) is 0 Å². The standard InChI is InChI=1S/C17H21NO2/c1-12-5-4-6-13(2)17(12)20-16(11-18)14-7-9-15(19-3)10-8-14/h4-10,16H,11,18H2,1-3H3. The number of nitrogens with two attached hydrogens (primary N) is 1. The highest BCUT2D eigenvalue weighted by Crippen LogP contribution is 2.28. The molecule has 0 radical (unpaired) electrons. The summed E-state index contributed by atoms with van der Waals surface area (Å²) in [5.41, 5.74) is 9.16. The zero-order chi connectivity index (χ0) is 14.5. The van der Waals surface area contributed by atoms with Gasteiger partial charge in [-0.1, -0.05) is 30.3 Å². The van der Waals surface area contributed by atoms with Gasteiger partial charge < -0.3 is 15.2 Å². The van der Waals surface area contributed by atoms with Gasteiger partial charge in [-0.05, 0) is 42.7 Å². The molecule has 0 heterocycles. The molecule has 0 fully saturated rings. The van der Waals surface area contributed by atoms with Crippen LogP contribution in [0.2, 0.25) is 0 Å². The lowest BCUT2D eigenvalue weighted by Gasteiger charge is -2.21. The first-order valence-electron chi connectivity index (χ1n) is 6.72. The number of hydrogen-bond acceptors (Lipinski definition) is 3. The van der Waals surface area contributed by atoms with E-state index in [-0.39, 0.29) is 6.10 Å². The Balaban J connectivity index is 2.24. The Morgan fingerprint density at radius 3 is 2.10 bits per heavy atom. The van der Waals surface area contributed by atoms with Gasteiger partial charge in [0.1, 0.15) is 17.6 Å². The summed E-state index contributed by atoms with van der Waals surface area (Å²) in [5, 5.41) is 0. The molecule has 0 spiro atoms. The van der Waals surface area contributed by atoms with E-state index in [0.29, 0.717) is 6.54 Å². The number of ether oxygens (including phenoxy) is 2. The Hall–Kier alpha value is -2.00. The Bertz CT molecular complexity index is 543. The number of rotatable bonds is 5. The van der Waals surface area contributed by atoms with Gasteiger partial charge in [-0.2, -0.15) is 0 Å². The molecule has 0 aliphatic heterocycles. The summed E-state index contributed by atoms with van der Waals surface area (Å²) in [6, 6.07) is 13.9. The Morgan fingerprint density at radius 1 is 1.00 bits per heavy atom. The molecule has 2 rings (SSSR count). The number of benzene rings is 2. The maximum atomic E-state index is 6.12. The van der Waals surface area contributed by atoms with Gasteiger partial charge in [0.05, 0.1) is 7.11 Å². The maximum Gasteiger partial charge on any atom is 0.136 e. The van der Waals surface area contributed by atoms with E-state index in [0.717, 1.165) is 28.2 Å². The lowest BCUT2D eigenvalue weighted by molar-refractivity contribution is 0.211. The molecule has 1 atom stereocenters. The van der Waals surface area contributed by atoms with Crippen LogP contribution in [0.1, 0.15) is 22.8 Å². The molecule has 0 saturated heterocycles. The molecule has 0 saturated carbocycles. The third-order valence-electron chi connectivity index (χ3n) is 3.37. The number of methoxy groups -OCH3 is 1. The summed E-state index contributed by atoms with van der Waals surface area (Å²) in [6.45, 7) is 4.52. The van der Waals surface area contributed by atoms with Gasteiger partial charge in [-0.3, -0.25) is 0 Å². The summed E-state index contributed by atoms with van der Waals surface area (Å²) >= 11 is 0. The van der Waals surface area contributed by atoms with Gasteiger partial charge in [-0.25, -0.2) is 0 Å². The molecule has 0 aliphatic rings. The summed E-state index contributed by atoms with van der Waals surface area (Å²) in [4.78, 5) is 0. The molecule has 2 aromatic carbocycles. The summed E-state index contributed by atoms with van der Waals surface area (Å²) < 4.78 is 11.3. The van der Waals surface area contributed by atoms with Crippen molar-refractivity contribution in [3.05, 3.63) is 59.2 Å². The SMILES string of the molecule is COc1ccc(C(CN)Oc2c(C)cccc2C)cc1. The van der Waals surface area contributed by atoms with E-state index in [4.69, 9.17) is 15.2 Å². The summed E-state index contributed by atoms with van der Waals surface area (Å²) in [6.07, 6.45) is -0.152. The third-order valence-corrected chi connectivity index (χ3v) is 3.37. The van der Waals surface area contributed by atoms with Crippen LogP contribution in [0, 0.1) is 13.8 Å². The van der Waals surface area contributed by atoms with Crippen LogP contribution in [0.5, 0.6) is 11.5 Å². The molecule has 2 aromatic rings. The van der Waals surface area contributed by atoms with Crippen molar-refractivity contribution in [2.75, 3.05) is 13.7 Å². The van der Waals surface area contributed by atoms with E-state index < -0.39 is 0 Å². The maximum absolute atomic E-state index is 6.12. The average Bonchev–Trinajstić information content (AvgIpc) is 2.47. The fourth-order valence-corrected chi connectivity index (χ4v) is 2.20. The van der Waals surface area contributed by atoms with Crippen LogP contribution in [0.3, 0.4) is 0 Å². The second kappa shape index (κ2) is 6.44. The highest BCUT2D eigenvalue weighted by atomic mass is 16.5. The molecule has 106 valence electrons. The quantitative estimate of drug-likeness (QED) is 0.906. The molecular formula is C17H21NO2. The normalized spacial score (nSPS) is 12.0. The van der Waals surface area contributed by atoms with Gasteiger partial charge in [0.2, 0.25) is 0 Å². The van der Waals surface area contributed by atoms with Gasteiger partial charge in [0.25, 0.3) is 0 Å². The molecule has 0 aromatic heterocycles. The predicted molar refractivity (Wildman–Crippen MR) is 81.3 cm³/mol. The zero-order valence-corrected chi connectivity index (χ0v) is 12.2. The van der Waals surface area contributed by atoms with E-state index in [1.807, 2.05) is 56.3 Å². The first-order valence-corrected chi connectivity index (χ1v) is 6.72. The Kier molecular flexibility index (Phi) is 4.64. The largest absolute Gasteiger partial charge is 0.497 e. The Morgan fingerprint density at radius 2 is 1.60 bits per heavy atom. The van der Waals surface area contributed by atoms with Crippen molar-refractivity contribution in [3.63, 3.8) is 0 Å². The highest BCUT2D eigenvalue weighted by molar-refractivity contribution is 5.40. The van der Waals surface area contributed by atoms with Crippen LogP contribution in [0.4, 0.5) is 0 Å². The van der Waals surface area contributed by atoms with Crippen molar-refractivity contribution in [1.82, 2.24) is 0 Å². The Labute approximate surface area is 120 Å². The molecule has 20 heavy (non-hydrogen) atoms. The summed E-state index contributed by atoms with van der Waals surface area (Å²) in [7, 11) is 1.66. The molecular weight excluding hydrogens is 250 g/mol. The van der Waals surface area contributed by atoms with E-state index in [9.17, 15) is 0 Å². The minimum Gasteiger partial charge on any atom is -0.497 e. The van der Waals surface area contributed by atoms with Crippen molar-refractivity contribution in [2.45, 2.75) is 20.0 Å². The van der Waals surface area contributed by atoms with Gasteiger partial charge >= 0.3 is 0 Å². The molecule has 0 aliphatic carbocycles. The number of hydrogen-bond donors (Lipinski definition) is 1. The van der Waals surface area contributed by atoms with Crippen LogP contribution in [0.25, 0.3) is 0 Å². The minimum absolute atomic E-state index is 0.152. The molecule has 1 unspecified atom stereocenters. The average molecular weight is 271 g/mol. The first kappa shape index (κ1) is 14.4. The van der Waals surface area contributed by atoms with Crippen LogP contribution in [-0.4, -0.2) is 13.7 Å². The monoisotopic (exact) mass is 271 g/mol. The lowest BCUT2D eigenvalue weighted by atomic mass is 10.1. The molecule has 3 heteroatoms. The van der Waals surface area contributed by atoms with E-state index in [2.05, 4.69) is 0 Å². The van der Waals surface area contributed by atoms with Crippen molar-refractivity contribution in [1.29, 1.82) is 0 Å². The second-order valence-electron chi connectivity index (χ2n) is 4.84. The van der Waals surface area contributed by atoms with Gasteiger partial charge in [0, 0.05) is 6.54 Å². The van der Waals surface area contributed by atoms with Crippen LogP contribution >= 0.6 is 0 Å². The van der Waals surface area contributed by atoms with Crippen molar-refractivity contribution in [3.8, 4) is 11.5 Å². The summed E-state index contributed by atoms with van der Waals surface area (Å²) in [5.74, 6) is 1.75. The smallest absolute Gasteiger partial charge is 0.136 e. The van der Waals surface area contributed by atoms with Crippen LogP contribution in [-0.2, 0) is 0 Å². The van der Waals surface area contributed by atoms with E-state index >= 15 is 0 Å². The third kappa shape index (κ3) is 3.11. The lowest BCUT2D eigenvalue weighted by Crippen LogP contribution is -2.19. The predicted octanol–water partition coefficient (Wildman–Crippen LogP) is 3.39. The first-order chi connectivity index (χ1) is 9.65. The van der Waals surface area contributed by atoms with E-state index in [1.165, 1.54) is 0 Å². The topological polar surface area (TPSA) is 44.5 Å². The van der Waals surface area contributed by atoms with Crippen LogP contribution in [0.15, 0.2) is 42.5 Å². The van der Waals surface area contributed by atoms with E-state index in [1.54, 1.807) is 7.11 Å². The van der Waals surface area contributed by atoms with Crippen molar-refractivity contribution in [2.24, 2.45) is 5.73 Å². The zero-order valence-electron chi connectivity index (χ0n) is 12.2. The fourth-order valence-electron chi connectivity index (χ4n) is 2.20. The fraction of sp³-hybridized carbons (Fsp3) is 0.294. The molecule has 3 nitrogen and oxygen atoms in total. The second-order valence-corrected chi connectivity index (χ2v) is 4.84. The number of aryl methyl sites for hydroxylation is 2. The highest BCUT2D eigenvalue weighted by Gasteiger charge is 2.14. The molecule has 0 bridgehead atoms.